The van der Waals surface area contributed by atoms with Crippen LogP contribution in [0.1, 0.15) is 6.42 Å². The lowest BCUT2D eigenvalue weighted by atomic mass is 10.2. The number of carbonyl (C=O) groups excluding carboxylic acids is 1. The lowest BCUT2D eigenvalue weighted by Gasteiger charge is -2.04. The van der Waals surface area contributed by atoms with Gasteiger partial charge < -0.3 is 4.74 Å². The molecule has 3 aromatic rings. The van der Waals surface area contributed by atoms with Crippen LogP contribution in [-0.2, 0) is 9.53 Å². The molecule has 1 aliphatic rings. The zero-order valence-electron chi connectivity index (χ0n) is 11.6. The van der Waals surface area contributed by atoms with Crippen molar-refractivity contribution in [3.8, 4) is 10.4 Å². The van der Waals surface area contributed by atoms with Gasteiger partial charge in [-0.05, 0) is 11.6 Å². The molecule has 1 aliphatic heterocycles. The molecular weight excluding hydrogens is 316 g/mol. The second-order valence-electron chi connectivity index (χ2n) is 4.94. The predicted molar refractivity (Wildman–Crippen MR) is 88.1 cm³/mol. The molecule has 4 nitrogen and oxygen atoms in total. The number of hydrogen-bond acceptors (Lipinski definition) is 6. The molecule has 0 aliphatic carbocycles. The molecule has 0 spiro atoms. The highest BCUT2D eigenvalue weighted by Gasteiger charge is 2.28. The van der Waals surface area contributed by atoms with Crippen LogP contribution in [0.5, 0.6) is 0 Å². The van der Waals surface area contributed by atoms with E-state index < -0.39 is 0 Å². The number of rotatable bonds is 3. The minimum Gasteiger partial charge on any atom is -0.465 e. The minimum absolute atomic E-state index is 0.143. The molecule has 3 heterocycles. The van der Waals surface area contributed by atoms with Crippen molar-refractivity contribution in [2.45, 2.75) is 16.7 Å². The van der Waals surface area contributed by atoms with Crippen LogP contribution >= 0.6 is 23.1 Å². The summed E-state index contributed by atoms with van der Waals surface area (Å²) >= 11 is 3.12. The first-order chi connectivity index (χ1) is 10.8. The Morgan fingerprint density at radius 2 is 2.09 bits per heavy atom. The van der Waals surface area contributed by atoms with Gasteiger partial charge >= 0.3 is 5.97 Å². The van der Waals surface area contributed by atoms with Crippen molar-refractivity contribution in [2.24, 2.45) is 0 Å². The Morgan fingerprint density at radius 3 is 2.86 bits per heavy atom. The summed E-state index contributed by atoms with van der Waals surface area (Å²) in [6, 6.07) is 12.3. The first kappa shape index (κ1) is 13.7. The van der Waals surface area contributed by atoms with Crippen molar-refractivity contribution in [2.75, 3.05) is 6.61 Å². The van der Waals surface area contributed by atoms with E-state index in [2.05, 4.69) is 28.2 Å². The monoisotopic (exact) mass is 328 g/mol. The second kappa shape index (κ2) is 5.70. The molecule has 0 saturated carbocycles. The highest BCUT2D eigenvalue weighted by molar-refractivity contribution is 8.00. The van der Waals surface area contributed by atoms with Crippen molar-refractivity contribution in [1.29, 1.82) is 0 Å². The zero-order valence-corrected chi connectivity index (χ0v) is 13.2. The molecular formula is C16H12N2O2S2. The van der Waals surface area contributed by atoms with E-state index in [1.165, 1.54) is 17.3 Å². The minimum atomic E-state index is -0.154. The van der Waals surface area contributed by atoms with Crippen molar-refractivity contribution in [3.63, 3.8) is 0 Å². The molecule has 110 valence electrons. The topological polar surface area (TPSA) is 52.1 Å². The number of aromatic nitrogens is 2. The molecule has 1 saturated heterocycles. The number of esters is 1. The molecule has 0 amide bonds. The van der Waals surface area contributed by atoms with Crippen molar-refractivity contribution >= 4 is 39.3 Å². The van der Waals surface area contributed by atoms with Crippen LogP contribution in [0.3, 0.4) is 0 Å². The quantitative estimate of drug-likeness (QED) is 0.541. The summed E-state index contributed by atoms with van der Waals surface area (Å²) < 4.78 is 5.02. The van der Waals surface area contributed by atoms with Gasteiger partial charge in [0.15, 0.2) is 0 Å². The average Bonchev–Trinajstić information content (AvgIpc) is 3.16. The van der Waals surface area contributed by atoms with Gasteiger partial charge in [-0.1, -0.05) is 42.1 Å². The van der Waals surface area contributed by atoms with Gasteiger partial charge in [0.05, 0.1) is 6.61 Å². The third-order valence-electron chi connectivity index (χ3n) is 3.49. The molecule has 0 N–H and O–H groups in total. The van der Waals surface area contributed by atoms with E-state index in [9.17, 15) is 4.79 Å². The predicted octanol–water partition coefficient (Wildman–Crippen LogP) is 3.77. The highest BCUT2D eigenvalue weighted by Crippen LogP contribution is 2.38. The Kier molecular flexibility index (Phi) is 3.56. The molecule has 22 heavy (non-hydrogen) atoms. The smallest absolute Gasteiger partial charge is 0.319 e. The van der Waals surface area contributed by atoms with Gasteiger partial charge in [0.2, 0.25) is 0 Å². The van der Waals surface area contributed by atoms with E-state index in [1.54, 1.807) is 17.7 Å². The lowest BCUT2D eigenvalue weighted by Crippen LogP contribution is -2.09. The lowest BCUT2D eigenvalue weighted by molar-refractivity contribution is -0.137. The van der Waals surface area contributed by atoms with Gasteiger partial charge in [0, 0.05) is 16.7 Å². The van der Waals surface area contributed by atoms with Gasteiger partial charge in [0.1, 0.15) is 21.4 Å². The molecule has 6 heteroatoms. The molecule has 2 aromatic heterocycles. The standard InChI is InChI=1S/C16H12N2O2S2/c19-16-12(6-7-20-16)21-14-11-8-13(10-4-2-1-3-5-10)22-15(11)18-9-17-14/h1-5,8-9,12H,6-7H2. The summed E-state index contributed by atoms with van der Waals surface area (Å²) in [5.74, 6) is -0.143. The number of cyclic esters (lactones) is 1. The van der Waals surface area contributed by atoms with E-state index in [1.807, 2.05) is 18.2 Å². The van der Waals surface area contributed by atoms with Gasteiger partial charge in [-0.2, -0.15) is 0 Å². The van der Waals surface area contributed by atoms with E-state index >= 15 is 0 Å². The number of nitrogens with zero attached hydrogens (tertiary/aromatic N) is 2. The Labute approximate surface area is 135 Å². The number of ether oxygens (including phenoxy) is 1. The van der Waals surface area contributed by atoms with E-state index in [-0.39, 0.29) is 11.2 Å². The van der Waals surface area contributed by atoms with Crippen LogP contribution in [0.4, 0.5) is 0 Å². The van der Waals surface area contributed by atoms with Gasteiger partial charge in [-0.25, -0.2) is 9.97 Å². The number of hydrogen-bond donors (Lipinski definition) is 0. The summed E-state index contributed by atoms with van der Waals surface area (Å²) in [6.07, 6.45) is 2.31. The zero-order chi connectivity index (χ0) is 14.9. The van der Waals surface area contributed by atoms with Crippen LogP contribution in [-0.4, -0.2) is 27.8 Å². The third kappa shape index (κ3) is 2.48. The van der Waals surface area contributed by atoms with Crippen molar-refractivity contribution in [3.05, 3.63) is 42.7 Å². The molecule has 1 atom stereocenters. The van der Waals surface area contributed by atoms with Gasteiger partial charge in [-0.3, -0.25) is 4.79 Å². The first-order valence-electron chi connectivity index (χ1n) is 6.94. The molecule has 0 bridgehead atoms. The number of carbonyl (C=O) groups is 1. The normalized spacial score (nSPS) is 17.8. The summed E-state index contributed by atoms with van der Waals surface area (Å²) in [5.41, 5.74) is 1.17. The fourth-order valence-electron chi connectivity index (χ4n) is 2.39. The van der Waals surface area contributed by atoms with Crippen molar-refractivity contribution in [1.82, 2.24) is 9.97 Å². The summed E-state index contributed by atoms with van der Waals surface area (Å²) in [4.78, 5) is 22.5. The maximum atomic E-state index is 11.7. The maximum Gasteiger partial charge on any atom is 0.319 e. The largest absolute Gasteiger partial charge is 0.465 e. The SMILES string of the molecule is O=C1OCCC1Sc1ncnc2sc(-c3ccccc3)cc12. The van der Waals surface area contributed by atoms with Crippen molar-refractivity contribution < 1.29 is 9.53 Å². The fraction of sp³-hybridized carbons (Fsp3) is 0.188. The summed E-state index contributed by atoms with van der Waals surface area (Å²) in [5, 5.41) is 1.71. The molecule has 0 radical (unpaired) electrons. The Morgan fingerprint density at radius 1 is 1.23 bits per heavy atom. The Bertz CT molecular complexity index is 833. The van der Waals surface area contributed by atoms with Crippen LogP contribution < -0.4 is 0 Å². The van der Waals surface area contributed by atoms with Crippen LogP contribution in [0.2, 0.25) is 0 Å². The molecule has 1 fully saturated rings. The number of thioether (sulfide) groups is 1. The van der Waals surface area contributed by atoms with Crippen LogP contribution in [0.25, 0.3) is 20.7 Å². The molecule has 1 unspecified atom stereocenters. The van der Waals surface area contributed by atoms with E-state index in [0.717, 1.165) is 26.5 Å². The number of fused-ring (bicyclic) bond motifs is 1. The van der Waals surface area contributed by atoms with Gasteiger partial charge in [-0.15, -0.1) is 11.3 Å². The fourth-order valence-corrected chi connectivity index (χ4v) is 4.50. The Balaban J connectivity index is 1.73. The van der Waals surface area contributed by atoms with Gasteiger partial charge in [0.25, 0.3) is 0 Å². The second-order valence-corrected chi connectivity index (χ2v) is 7.16. The summed E-state index contributed by atoms with van der Waals surface area (Å²) in [6.45, 7) is 0.504. The summed E-state index contributed by atoms with van der Waals surface area (Å²) in [7, 11) is 0. The average molecular weight is 328 g/mol. The first-order valence-corrected chi connectivity index (χ1v) is 8.64. The van der Waals surface area contributed by atoms with Crippen LogP contribution in [0.15, 0.2) is 47.8 Å². The third-order valence-corrected chi connectivity index (χ3v) is 5.85. The van der Waals surface area contributed by atoms with E-state index in [4.69, 9.17) is 4.74 Å². The molecule has 4 rings (SSSR count). The van der Waals surface area contributed by atoms with Crippen LogP contribution in [0, 0.1) is 0 Å². The van der Waals surface area contributed by atoms with E-state index in [0.29, 0.717) is 6.61 Å². The maximum absolute atomic E-state index is 11.7. The number of benzene rings is 1. The highest BCUT2D eigenvalue weighted by atomic mass is 32.2. The molecule has 1 aromatic carbocycles. The Hall–Kier alpha value is -1.92. The number of thiophene rings is 1.